The second-order valence-electron chi connectivity index (χ2n) is 4.17. The average Bonchev–Trinajstić information content (AvgIpc) is 2.22. The van der Waals surface area contributed by atoms with Crippen molar-refractivity contribution in [2.75, 3.05) is 13.2 Å². The molecule has 0 atom stereocenters. The van der Waals surface area contributed by atoms with Gasteiger partial charge in [-0.05, 0) is 19.9 Å². The number of phenolic OH excluding ortho intramolecular Hbond substituents is 1. The molecule has 2 rings (SSSR count). The van der Waals surface area contributed by atoms with E-state index in [9.17, 15) is 14.6 Å². The van der Waals surface area contributed by atoms with E-state index < -0.39 is 17.2 Å². The van der Waals surface area contributed by atoms with Crippen LogP contribution in [0.5, 0.6) is 17.2 Å². The molecule has 0 fully saturated rings. The zero-order valence-electron chi connectivity index (χ0n) is 9.08. The summed E-state index contributed by atoms with van der Waals surface area (Å²) in [7, 11) is 0. The van der Waals surface area contributed by atoms with E-state index in [1.807, 2.05) is 0 Å². The number of ether oxygens (including phenoxy) is 2. The normalized spacial score (nSPS) is 15.0. The molecule has 0 bridgehead atoms. The van der Waals surface area contributed by atoms with Gasteiger partial charge in [-0.2, -0.15) is 4.39 Å². The molecule has 0 unspecified atom stereocenters. The minimum Gasteiger partial charge on any atom is -0.504 e. The van der Waals surface area contributed by atoms with Crippen LogP contribution in [0.3, 0.4) is 0 Å². The topological polar surface area (TPSA) is 58.9 Å². The number of aromatic hydroxyl groups is 1. The van der Waals surface area contributed by atoms with Gasteiger partial charge >= 0.3 is 0 Å². The van der Waals surface area contributed by atoms with Crippen LogP contribution in [-0.2, 0) is 5.60 Å². The first-order valence-corrected chi connectivity index (χ1v) is 4.95. The molecule has 0 aliphatic carbocycles. The largest absolute Gasteiger partial charge is 0.504 e. The predicted molar refractivity (Wildman–Crippen MR) is 54.3 cm³/mol. The molecule has 16 heavy (non-hydrogen) atoms. The zero-order chi connectivity index (χ0) is 11.9. The van der Waals surface area contributed by atoms with Crippen LogP contribution in [0.1, 0.15) is 19.4 Å². The van der Waals surface area contributed by atoms with E-state index in [0.717, 1.165) is 0 Å². The number of benzene rings is 1. The number of rotatable bonds is 1. The number of phenols is 1. The molecule has 1 aromatic carbocycles. The van der Waals surface area contributed by atoms with Crippen LogP contribution in [-0.4, -0.2) is 23.4 Å². The van der Waals surface area contributed by atoms with Gasteiger partial charge in [0, 0.05) is 5.56 Å². The smallest absolute Gasteiger partial charge is 0.210 e. The van der Waals surface area contributed by atoms with Crippen molar-refractivity contribution in [2.45, 2.75) is 19.4 Å². The lowest BCUT2D eigenvalue weighted by Gasteiger charge is -2.24. The van der Waals surface area contributed by atoms with Crippen molar-refractivity contribution >= 4 is 0 Å². The summed E-state index contributed by atoms with van der Waals surface area (Å²) in [6.45, 7) is 3.48. The Morgan fingerprint density at radius 2 is 1.94 bits per heavy atom. The highest BCUT2D eigenvalue weighted by atomic mass is 19.1. The third-order valence-corrected chi connectivity index (χ3v) is 2.41. The maximum absolute atomic E-state index is 13.7. The average molecular weight is 228 g/mol. The SMILES string of the molecule is CC(C)(O)c1cc2c(c(F)c1O)OCCO2. The first kappa shape index (κ1) is 11.0. The molecule has 1 aromatic rings. The van der Waals surface area contributed by atoms with E-state index in [-0.39, 0.29) is 23.7 Å². The van der Waals surface area contributed by atoms with Crippen LogP contribution < -0.4 is 9.47 Å². The lowest BCUT2D eigenvalue weighted by atomic mass is 9.96. The molecule has 0 saturated carbocycles. The maximum atomic E-state index is 13.7. The van der Waals surface area contributed by atoms with Gasteiger partial charge in [0.25, 0.3) is 0 Å². The summed E-state index contributed by atoms with van der Waals surface area (Å²) in [6.07, 6.45) is 0. The van der Waals surface area contributed by atoms with Crippen molar-refractivity contribution in [3.8, 4) is 17.2 Å². The molecule has 0 amide bonds. The Labute approximate surface area is 92.2 Å². The molecule has 4 nitrogen and oxygen atoms in total. The van der Waals surface area contributed by atoms with Crippen LogP contribution >= 0.6 is 0 Å². The number of aliphatic hydroxyl groups is 1. The highest BCUT2D eigenvalue weighted by Gasteiger charge is 2.29. The van der Waals surface area contributed by atoms with Crippen molar-refractivity contribution in [1.29, 1.82) is 0 Å². The standard InChI is InChI=1S/C11H13FO4/c1-11(2,14)6-5-7-10(8(12)9(6)13)16-4-3-15-7/h5,13-14H,3-4H2,1-2H3. The molecule has 1 aliphatic rings. The predicted octanol–water partition coefficient (Wildman–Crippen LogP) is 1.53. The van der Waals surface area contributed by atoms with Crippen molar-refractivity contribution in [1.82, 2.24) is 0 Å². The zero-order valence-corrected chi connectivity index (χ0v) is 9.08. The molecule has 1 aliphatic heterocycles. The molecule has 1 heterocycles. The second-order valence-corrected chi connectivity index (χ2v) is 4.17. The summed E-state index contributed by atoms with van der Waals surface area (Å²) >= 11 is 0. The van der Waals surface area contributed by atoms with Gasteiger partial charge in [-0.1, -0.05) is 0 Å². The van der Waals surface area contributed by atoms with Crippen molar-refractivity contribution in [3.63, 3.8) is 0 Å². The first-order chi connectivity index (χ1) is 7.41. The lowest BCUT2D eigenvalue weighted by molar-refractivity contribution is 0.0735. The van der Waals surface area contributed by atoms with E-state index in [2.05, 4.69) is 0 Å². The fourth-order valence-corrected chi connectivity index (χ4v) is 1.60. The van der Waals surface area contributed by atoms with Crippen molar-refractivity contribution in [3.05, 3.63) is 17.4 Å². The van der Waals surface area contributed by atoms with Crippen molar-refractivity contribution < 1.29 is 24.1 Å². The quantitative estimate of drug-likeness (QED) is 0.765. The molecular formula is C11H13FO4. The Bertz CT molecular complexity index is 423. The monoisotopic (exact) mass is 228 g/mol. The minimum absolute atomic E-state index is 0.0780. The van der Waals surface area contributed by atoms with Gasteiger partial charge in [0.1, 0.15) is 13.2 Å². The number of hydrogen-bond acceptors (Lipinski definition) is 4. The van der Waals surface area contributed by atoms with Crippen LogP contribution in [0.4, 0.5) is 4.39 Å². The van der Waals surface area contributed by atoms with Crippen LogP contribution in [0.2, 0.25) is 0 Å². The Balaban J connectivity index is 2.62. The lowest BCUT2D eigenvalue weighted by Crippen LogP contribution is -2.20. The summed E-state index contributed by atoms with van der Waals surface area (Å²) in [5.74, 6) is -1.39. The molecule has 0 spiro atoms. The van der Waals surface area contributed by atoms with E-state index in [1.54, 1.807) is 0 Å². The Morgan fingerprint density at radius 3 is 2.56 bits per heavy atom. The van der Waals surface area contributed by atoms with Crippen molar-refractivity contribution in [2.24, 2.45) is 0 Å². The summed E-state index contributed by atoms with van der Waals surface area (Å²) < 4.78 is 24.0. The highest BCUT2D eigenvalue weighted by Crippen LogP contribution is 2.43. The van der Waals surface area contributed by atoms with Gasteiger partial charge < -0.3 is 19.7 Å². The molecular weight excluding hydrogens is 215 g/mol. The Hall–Kier alpha value is -1.49. The minimum atomic E-state index is -1.35. The van der Waals surface area contributed by atoms with Gasteiger partial charge in [-0.3, -0.25) is 0 Å². The second kappa shape index (κ2) is 3.52. The molecule has 0 saturated heterocycles. The first-order valence-electron chi connectivity index (χ1n) is 4.95. The summed E-state index contributed by atoms with van der Waals surface area (Å²) in [5, 5.41) is 19.4. The number of hydrogen-bond donors (Lipinski definition) is 2. The third kappa shape index (κ3) is 1.67. The highest BCUT2D eigenvalue weighted by molar-refractivity contribution is 5.53. The van der Waals surface area contributed by atoms with E-state index in [0.29, 0.717) is 6.61 Å². The van der Waals surface area contributed by atoms with E-state index in [1.165, 1.54) is 19.9 Å². The molecule has 2 N–H and O–H groups in total. The fourth-order valence-electron chi connectivity index (χ4n) is 1.60. The maximum Gasteiger partial charge on any atom is 0.210 e. The summed E-state index contributed by atoms with van der Waals surface area (Å²) in [5.41, 5.74) is -1.27. The van der Waals surface area contributed by atoms with E-state index in [4.69, 9.17) is 9.47 Å². The third-order valence-electron chi connectivity index (χ3n) is 2.41. The van der Waals surface area contributed by atoms with Crippen LogP contribution in [0.15, 0.2) is 6.07 Å². The van der Waals surface area contributed by atoms with Gasteiger partial charge in [0.05, 0.1) is 5.60 Å². The molecule has 5 heteroatoms. The molecule has 0 radical (unpaired) electrons. The fraction of sp³-hybridized carbons (Fsp3) is 0.455. The number of fused-ring (bicyclic) bond motifs is 1. The molecule has 0 aromatic heterocycles. The van der Waals surface area contributed by atoms with Crippen LogP contribution in [0, 0.1) is 5.82 Å². The molecule has 88 valence electrons. The van der Waals surface area contributed by atoms with Crippen LogP contribution in [0.25, 0.3) is 0 Å². The van der Waals surface area contributed by atoms with Gasteiger partial charge in [-0.15, -0.1) is 0 Å². The number of halogens is 1. The van der Waals surface area contributed by atoms with Gasteiger partial charge in [-0.25, -0.2) is 0 Å². The van der Waals surface area contributed by atoms with Gasteiger partial charge in [0.15, 0.2) is 11.5 Å². The summed E-state index contributed by atoms with van der Waals surface area (Å²) in [6, 6.07) is 1.40. The Kier molecular flexibility index (Phi) is 2.42. The van der Waals surface area contributed by atoms with E-state index >= 15 is 0 Å². The summed E-state index contributed by atoms with van der Waals surface area (Å²) in [4.78, 5) is 0. The Morgan fingerprint density at radius 1 is 1.31 bits per heavy atom. The van der Waals surface area contributed by atoms with Gasteiger partial charge in [0.2, 0.25) is 11.6 Å².